The summed E-state index contributed by atoms with van der Waals surface area (Å²) in [6, 6.07) is 8.25. The molecule has 0 atom stereocenters. The third-order valence-electron chi connectivity index (χ3n) is 3.47. The highest BCUT2D eigenvalue weighted by Crippen LogP contribution is 2.35. The van der Waals surface area contributed by atoms with Crippen LogP contribution in [0.4, 0.5) is 0 Å². The van der Waals surface area contributed by atoms with Crippen LogP contribution in [0, 0.1) is 0 Å². The molecule has 1 aliphatic heterocycles. The molecule has 0 saturated carbocycles. The van der Waals surface area contributed by atoms with Crippen LogP contribution in [0.3, 0.4) is 0 Å². The van der Waals surface area contributed by atoms with Crippen LogP contribution in [0.15, 0.2) is 35.4 Å². The Morgan fingerprint density at radius 2 is 2.00 bits per heavy atom. The minimum absolute atomic E-state index is 0.151. The lowest BCUT2D eigenvalue weighted by Crippen LogP contribution is -2.17. The molecule has 130 valence electrons. The Labute approximate surface area is 149 Å². The first-order valence-electron chi connectivity index (χ1n) is 7.27. The van der Waals surface area contributed by atoms with Gasteiger partial charge >= 0.3 is 0 Å². The summed E-state index contributed by atoms with van der Waals surface area (Å²) in [4.78, 5) is 12.1. The fraction of sp³-hybridized carbons (Fsp3) is 0.176. The van der Waals surface area contributed by atoms with Crippen molar-refractivity contribution in [2.45, 2.75) is 0 Å². The molecule has 0 saturated heterocycles. The summed E-state index contributed by atoms with van der Waals surface area (Å²) in [7, 11) is 3.01. The van der Waals surface area contributed by atoms with Crippen molar-refractivity contribution in [2.24, 2.45) is 5.10 Å². The van der Waals surface area contributed by atoms with E-state index in [4.69, 9.17) is 30.5 Å². The largest absolute Gasteiger partial charge is 0.493 e. The lowest BCUT2D eigenvalue weighted by atomic mass is 10.2. The molecular weight excluding hydrogens is 348 g/mol. The Morgan fingerprint density at radius 3 is 2.76 bits per heavy atom. The van der Waals surface area contributed by atoms with Crippen LogP contribution >= 0.6 is 11.6 Å². The summed E-state index contributed by atoms with van der Waals surface area (Å²) in [5, 5.41) is 4.31. The zero-order valence-electron chi connectivity index (χ0n) is 13.5. The number of nitrogens with zero attached hydrogens (tertiary/aromatic N) is 1. The Balaban J connectivity index is 1.70. The van der Waals surface area contributed by atoms with E-state index in [0.29, 0.717) is 39.1 Å². The van der Waals surface area contributed by atoms with Crippen molar-refractivity contribution in [3.63, 3.8) is 0 Å². The van der Waals surface area contributed by atoms with Gasteiger partial charge in [-0.25, -0.2) is 5.43 Å². The summed E-state index contributed by atoms with van der Waals surface area (Å²) in [6.45, 7) is 0.151. The van der Waals surface area contributed by atoms with E-state index < -0.39 is 0 Å². The zero-order chi connectivity index (χ0) is 17.8. The van der Waals surface area contributed by atoms with Gasteiger partial charge in [0.25, 0.3) is 5.91 Å². The molecule has 8 heteroatoms. The molecule has 0 spiro atoms. The lowest BCUT2D eigenvalue weighted by molar-refractivity contribution is 0.0954. The minimum atomic E-state index is -0.374. The molecule has 1 amide bonds. The van der Waals surface area contributed by atoms with Crippen molar-refractivity contribution < 1.29 is 23.7 Å². The van der Waals surface area contributed by atoms with Gasteiger partial charge < -0.3 is 18.9 Å². The number of hydrazone groups is 1. The number of rotatable bonds is 5. The molecule has 0 fully saturated rings. The number of hydrogen-bond donors (Lipinski definition) is 1. The predicted octanol–water partition coefficient (Wildman–Crippen LogP) is 2.85. The van der Waals surface area contributed by atoms with E-state index in [2.05, 4.69) is 10.5 Å². The van der Waals surface area contributed by atoms with Gasteiger partial charge in [-0.3, -0.25) is 4.79 Å². The van der Waals surface area contributed by atoms with E-state index >= 15 is 0 Å². The van der Waals surface area contributed by atoms with E-state index in [-0.39, 0.29) is 12.7 Å². The van der Waals surface area contributed by atoms with Gasteiger partial charge in [-0.15, -0.1) is 0 Å². The van der Waals surface area contributed by atoms with Crippen molar-refractivity contribution in [1.82, 2.24) is 5.43 Å². The van der Waals surface area contributed by atoms with Crippen LogP contribution in [0.5, 0.6) is 23.0 Å². The average Bonchev–Trinajstić information content (AvgIpc) is 3.08. The molecule has 25 heavy (non-hydrogen) atoms. The number of halogens is 1. The second kappa shape index (κ2) is 7.31. The summed E-state index contributed by atoms with van der Waals surface area (Å²) in [5.41, 5.74) is 3.50. The Morgan fingerprint density at radius 1 is 1.20 bits per heavy atom. The minimum Gasteiger partial charge on any atom is -0.493 e. The average molecular weight is 363 g/mol. The van der Waals surface area contributed by atoms with Crippen LogP contribution in [-0.4, -0.2) is 33.1 Å². The van der Waals surface area contributed by atoms with Crippen molar-refractivity contribution in [3.05, 3.63) is 46.5 Å². The third kappa shape index (κ3) is 3.61. The number of carbonyl (C=O) groups excluding carboxylic acids is 1. The van der Waals surface area contributed by atoms with Crippen LogP contribution in [0.25, 0.3) is 0 Å². The van der Waals surface area contributed by atoms with Gasteiger partial charge in [-0.05, 0) is 35.9 Å². The lowest BCUT2D eigenvalue weighted by Gasteiger charge is -2.09. The van der Waals surface area contributed by atoms with Gasteiger partial charge in [-0.2, -0.15) is 5.10 Å². The molecule has 2 aromatic carbocycles. The molecule has 0 aromatic heterocycles. The monoisotopic (exact) mass is 362 g/mol. The fourth-order valence-corrected chi connectivity index (χ4v) is 2.58. The second-order valence-corrected chi connectivity index (χ2v) is 5.41. The number of amides is 1. The topological polar surface area (TPSA) is 78.4 Å². The van der Waals surface area contributed by atoms with Gasteiger partial charge in [0.15, 0.2) is 23.0 Å². The Hall–Kier alpha value is -2.93. The smallest absolute Gasteiger partial charge is 0.271 e. The number of nitrogens with one attached hydrogen (secondary N) is 1. The maximum Gasteiger partial charge on any atom is 0.271 e. The maximum absolute atomic E-state index is 12.1. The summed E-state index contributed by atoms with van der Waals surface area (Å²) >= 11 is 6.13. The quantitative estimate of drug-likeness (QED) is 0.653. The molecule has 1 N–H and O–H groups in total. The first-order valence-corrected chi connectivity index (χ1v) is 7.64. The molecule has 3 rings (SSSR count). The normalized spacial score (nSPS) is 12.3. The molecule has 1 heterocycles. The molecule has 0 unspecified atom stereocenters. The van der Waals surface area contributed by atoms with E-state index in [1.807, 2.05) is 0 Å². The number of benzene rings is 2. The number of methoxy groups -OCH3 is 2. The van der Waals surface area contributed by atoms with Crippen molar-refractivity contribution in [1.29, 1.82) is 0 Å². The second-order valence-electron chi connectivity index (χ2n) is 5.01. The van der Waals surface area contributed by atoms with Crippen LogP contribution in [0.1, 0.15) is 15.9 Å². The van der Waals surface area contributed by atoms with Crippen LogP contribution in [-0.2, 0) is 0 Å². The van der Waals surface area contributed by atoms with Crippen molar-refractivity contribution in [2.75, 3.05) is 21.0 Å². The van der Waals surface area contributed by atoms with Crippen molar-refractivity contribution in [3.8, 4) is 23.0 Å². The molecule has 7 nitrogen and oxygen atoms in total. The molecule has 0 radical (unpaired) electrons. The van der Waals surface area contributed by atoms with E-state index in [0.717, 1.165) is 0 Å². The molecular formula is C17H15ClN2O5. The van der Waals surface area contributed by atoms with Gasteiger partial charge in [0.2, 0.25) is 6.79 Å². The molecule has 0 aliphatic carbocycles. The zero-order valence-corrected chi connectivity index (χ0v) is 14.3. The molecule has 0 bridgehead atoms. The number of fused-ring (bicyclic) bond motifs is 1. The molecule has 1 aliphatic rings. The Bertz CT molecular complexity index is 838. The van der Waals surface area contributed by atoms with E-state index in [1.165, 1.54) is 20.4 Å². The summed E-state index contributed by atoms with van der Waals surface area (Å²) in [5.74, 6) is 1.67. The van der Waals surface area contributed by atoms with Gasteiger partial charge in [0.05, 0.1) is 25.5 Å². The van der Waals surface area contributed by atoms with Gasteiger partial charge in [0, 0.05) is 5.56 Å². The predicted molar refractivity (Wildman–Crippen MR) is 92.2 cm³/mol. The fourth-order valence-electron chi connectivity index (χ4n) is 2.28. The number of carbonyl (C=O) groups is 1. The third-order valence-corrected chi connectivity index (χ3v) is 3.75. The standard InChI is InChI=1S/C17H15ClN2O5/c1-22-15-6-10(5-12(18)16(15)23-2)8-19-20-17(21)11-3-4-13-14(7-11)25-9-24-13/h3-8H,9H2,1-2H3,(H,20,21). The van der Waals surface area contributed by atoms with Crippen molar-refractivity contribution >= 4 is 23.7 Å². The van der Waals surface area contributed by atoms with E-state index in [1.54, 1.807) is 30.3 Å². The van der Waals surface area contributed by atoms with Gasteiger partial charge in [-0.1, -0.05) is 11.6 Å². The summed E-state index contributed by atoms with van der Waals surface area (Å²) < 4.78 is 20.8. The van der Waals surface area contributed by atoms with Gasteiger partial charge in [0.1, 0.15) is 0 Å². The highest BCUT2D eigenvalue weighted by molar-refractivity contribution is 6.32. The molecule has 2 aromatic rings. The number of hydrogen-bond acceptors (Lipinski definition) is 6. The van der Waals surface area contributed by atoms with Crippen LogP contribution in [0.2, 0.25) is 5.02 Å². The highest BCUT2D eigenvalue weighted by atomic mass is 35.5. The first kappa shape index (κ1) is 16.9. The summed E-state index contributed by atoms with van der Waals surface area (Å²) in [6.07, 6.45) is 1.46. The Kier molecular flexibility index (Phi) is 4.95. The highest BCUT2D eigenvalue weighted by Gasteiger charge is 2.16. The van der Waals surface area contributed by atoms with Crippen LogP contribution < -0.4 is 24.4 Å². The maximum atomic E-state index is 12.1. The number of ether oxygens (including phenoxy) is 4. The first-order chi connectivity index (χ1) is 12.1. The SMILES string of the molecule is COc1cc(C=NNC(=O)c2ccc3c(c2)OCO3)cc(Cl)c1OC. The van der Waals surface area contributed by atoms with E-state index in [9.17, 15) is 4.79 Å².